The molecule has 0 bridgehead atoms. The largest absolute Gasteiger partial charge is 0.0845 e. The normalized spacial score (nSPS) is 28.9. The van der Waals surface area contributed by atoms with Gasteiger partial charge in [-0.2, -0.15) is 0 Å². The molecule has 0 radical (unpaired) electrons. The fourth-order valence-electron chi connectivity index (χ4n) is 1.01. The van der Waals surface area contributed by atoms with Crippen LogP contribution in [-0.2, 0) is 0 Å². The highest BCUT2D eigenvalue weighted by Gasteiger charge is 2.12. The van der Waals surface area contributed by atoms with Crippen molar-refractivity contribution in [3.63, 3.8) is 0 Å². The highest BCUT2D eigenvalue weighted by atomic mass is 14.2. The molecule has 0 N–H and O–H groups in total. The van der Waals surface area contributed by atoms with Gasteiger partial charge in [0, 0.05) is 0 Å². The summed E-state index contributed by atoms with van der Waals surface area (Å²) in [6.07, 6.45) is 4.93. The first kappa shape index (κ1) is 4.89. The van der Waals surface area contributed by atoms with E-state index in [1.807, 2.05) is 0 Å². The van der Waals surface area contributed by atoms with E-state index in [1.54, 1.807) is 5.57 Å². The fraction of sp³-hybridized carbons (Fsp3) is 0.714. The topological polar surface area (TPSA) is 0 Å². The van der Waals surface area contributed by atoms with Crippen molar-refractivity contribution in [2.45, 2.75) is 26.7 Å². The van der Waals surface area contributed by atoms with Gasteiger partial charge in [0.1, 0.15) is 0 Å². The van der Waals surface area contributed by atoms with Crippen molar-refractivity contribution in [2.24, 2.45) is 5.92 Å². The van der Waals surface area contributed by atoms with Crippen molar-refractivity contribution in [3.05, 3.63) is 11.6 Å². The van der Waals surface area contributed by atoms with Crippen molar-refractivity contribution >= 4 is 0 Å². The molecule has 0 aromatic heterocycles. The van der Waals surface area contributed by atoms with Crippen molar-refractivity contribution in [1.29, 1.82) is 0 Å². The van der Waals surface area contributed by atoms with Crippen LogP contribution in [0.4, 0.5) is 0 Å². The van der Waals surface area contributed by atoms with Gasteiger partial charge in [-0.15, -0.1) is 0 Å². The van der Waals surface area contributed by atoms with Gasteiger partial charge in [0.05, 0.1) is 0 Å². The lowest BCUT2D eigenvalue weighted by Gasteiger charge is -2.21. The summed E-state index contributed by atoms with van der Waals surface area (Å²) >= 11 is 0. The maximum Gasteiger partial charge on any atom is -0.0197 e. The minimum atomic E-state index is 0.907. The summed E-state index contributed by atoms with van der Waals surface area (Å²) in [5.74, 6) is 0.907. The first-order valence-corrected chi connectivity index (χ1v) is 3.03. The molecule has 0 heterocycles. The second-order valence-corrected chi connectivity index (χ2v) is 2.27. The number of rotatable bonds is 1. The fourth-order valence-corrected chi connectivity index (χ4v) is 1.01. The smallest absolute Gasteiger partial charge is 0.0197 e. The zero-order valence-corrected chi connectivity index (χ0v) is 5.07. The molecule has 0 saturated heterocycles. The van der Waals surface area contributed by atoms with Crippen LogP contribution < -0.4 is 0 Å². The van der Waals surface area contributed by atoms with Gasteiger partial charge in [0.2, 0.25) is 0 Å². The Hall–Kier alpha value is -0.260. The number of hydrogen-bond acceptors (Lipinski definition) is 0. The Morgan fingerprint density at radius 3 is 2.57 bits per heavy atom. The van der Waals surface area contributed by atoms with Crippen molar-refractivity contribution in [2.75, 3.05) is 0 Å². The minimum absolute atomic E-state index is 0.907. The molecule has 0 heteroatoms. The Balaban J connectivity index is 2.41. The summed E-state index contributed by atoms with van der Waals surface area (Å²) in [7, 11) is 0. The summed E-state index contributed by atoms with van der Waals surface area (Å²) in [4.78, 5) is 0. The molecule has 0 aromatic carbocycles. The summed E-state index contributed by atoms with van der Waals surface area (Å²) < 4.78 is 0. The molecule has 1 rings (SSSR count). The van der Waals surface area contributed by atoms with Crippen LogP contribution in [0.1, 0.15) is 26.7 Å². The zero-order chi connectivity index (χ0) is 5.28. The first-order valence-electron chi connectivity index (χ1n) is 3.03. The van der Waals surface area contributed by atoms with E-state index in [0.29, 0.717) is 0 Å². The highest BCUT2D eigenvalue weighted by molar-refractivity contribution is 5.15. The summed E-state index contributed by atoms with van der Waals surface area (Å²) in [5, 5.41) is 0. The number of hydrogen-bond donors (Lipinski definition) is 0. The van der Waals surface area contributed by atoms with E-state index in [4.69, 9.17) is 0 Å². The maximum atomic E-state index is 2.34. The average molecular weight is 96.2 g/mol. The van der Waals surface area contributed by atoms with E-state index < -0.39 is 0 Å². The van der Waals surface area contributed by atoms with Crippen LogP contribution >= 0.6 is 0 Å². The molecule has 0 aromatic rings. The lowest BCUT2D eigenvalue weighted by molar-refractivity contribution is 0.598. The Labute approximate surface area is 45.2 Å². The molecule has 0 amide bonds. The molecule has 1 aliphatic carbocycles. The third kappa shape index (κ3) is 0.696. The van der Waals surface area contributed by atoms with E-state index >= 15 is 0 Å². The van der Waals surface area contributed by atoms with Gasteiger partial charge in [-0.05, 0) is 18.8 Å². The monoisotopic (exact) mass is 96.1 g/mol. The molecule has 40 valence electrons. The molecule has 0 aliphatic heterocycles. The predicted molar refractivity (Wildman–Crippen MR) is 32.2 cm³/mol. The van der Waals surface area contributed by atoms with Crippen LogP contribution in [0.15, 0.2) is 11.6 Å². The van der Waals surface area contributed by atoms with Crippen molar-refractivity contribution < 1.29 is 0 Å². The lowest BCUT2D eigenvalue weighted by atomic mass is 9.85. The summed E-state index contributed by atoms with van der Waals surface area (Å²) in [5.41, 5.74) is 1.65. The Morgan fingerprint density at radius 1 is 1.86 bits per heavy atom. The van der Waals surface area contributed by atoms with E-state index in [1.165, 1.54) is 12.8 Å². The molecule has 0 saturated carbocycles. The molecular weight excluding hydrogens is 84.1 g/mol. The van der Waals surface area contributed by atoms with Crippen LogP contribution in [0.5, 0.6) is 0 Å². The SMILES string of the molecule is CCC1=CCC1C. The molecule has 0 nitrogen and oxygen atoms in total. The molecule has 1 atom stereocenters. The maximum absolute atomic E-state index is 2.34. The van der Waals surface area contributed by atoms with E-state index in [-0.39, 0.29) is 0 Å². The standard InChI is InChI=1S/C7H12/c1-3-7-5-4-6(7)2/h5-6H,3-4H2,1-2H3. The van der Waals surface area contributed by atoms with Gasteiger partial charge in [-0.3, -0.25) is 0 Å². The highest BCUT2D eigenvalue weighted by Crippen LogP contribution is 2.27. The lowest BCUT2D eigenvalue weighted by Crippen LogP contribution is -2.06. The van der Waals surface area contributed by atoms with Crippen molar-refractivity contribution in [1.82, 2.24) is 0 Å². The van der Waals surface area contributed by atoms with Gasteiger partial charge in [0.15, 0.2) is 0 Å². The third-order valence-electron chi connectivity index (χ3n) is 1.77. The predicted octanol–water partition coefficient (Wildman–Crippen LogP) is 2.36. The minimum Gasteiger partial charge on any atom is -0.0845 e. The third-order valence-corrected chi connectivity index (χ3v) is 1.77. The van der Waals surface area contributed by atoms with E-state index in [9.17, 15) is 0 Å². The Morgan fingerprint density at radius 2 is 2.57 bits per heavy atom. The Kier molecular flexibility index (Phi) is 1.18. The second kappa shape index (κ2) is 1.69. The van der Waals surface area contributed by atoms with E-state index in [2.05, 4.69) is 19.9 Å². The zero-order valence-electron chi connectivity index (χ0n) is 5.07. The second-order valence-electron chi connectivity index (χ2n) is 2.27. The van der Waals surface area contributed by atoms with Crippen LogP contribution in [0, 0.1) is 5.92 Å². The first-order chi connectivity index (χ1) is 3.34. The van der Waals surface area contributed by atoms with Crippen LogP contribution in [0.25, 0.3) is 0 Å². The summed E-state index contributed by atoms with van der Waals surface area (Å²) in [6.45, 7) is 4.51. The van der Waals surface area contributed by atoms with Gasteiger partial charge in [-0.1, -0.05) is 25.5 Å². The van der Waals surface area contributed by atoms with Crippen molar-refractivity contribution in [3.8, 4) is 0 Å². The molecule has 0 fully saturated rings. The van der Waals surface area contributed by atoms with Crippen LogP contribution in [0.2, 0.25) is 0 Å². The van der Waals surface area contributed by atoms with Crippen LogP contribution in [0.3, 0.4) is 0 Å². The average Bonchev–Trinajstić information content (AvgIpc) is 1.65. The van der Waals surface area contributed by atoms with Gasteiger partial charge in [0.25, 0.3) is 0 Å². The van der Waals surface area contributed by atoms with E-state index in [0.717, 1.165) is 5.92 Å². The molecule has 7 heavy (non-hydrogen) atoms. The molecule has 1 aliphatic rings. The van der Waals surface area contributed by atoms with Gasteiger partial charge in [-0.25, -0.2) is 0 Å². The van der Waals surface area contributed by atoms with Gasteiger partial charge < -0.3 is 0 Å². The quantitative estimate of drug-likeness (QED) is 0.439. The molecular formula is C7H12. The van der Waals surface area contributed by atoms with Crippen LogP contribution in [-0.4, -0.2) is 0 Å². The summed E-state index contributed by atoms with van der Waals surface area (Å²) in [6, 6.07) is 0. The molecule has 1 unspecified atom stereocenters. The Bertz CT molecular complexity index is 90.2. The number of allylic oxidation sites excluding steroid dienone is 2. The molecule has 0 spiro atoms. The van der Waals surface area contributed by atoms with Gasteiger partial charge >= 0.3 is 0 Å².